The van der Waals surface area contributed by atoms with Gasteiger partial charge in [0.25, 0.3) is 0 Å². The molecular formula is C10H12F2N2S. The second-order valence-electron chi connectivity index (χ2n) is 3.05. The average molecular weight is 230 g/mol. The molecule has 1 atom stereocenters. The van der Waals surface area contributed by atoms with Gasteiger partial charge >= 0.3 is 0 Å². The monoisotopic (exact) mass is 230 g/mol. The van der Waals surface area contributed by atoms with Crippen molar-refractivity contribution in [2.75, 3.05) is 0 Å². The Bertz CT molecular complexity index is 368. The van der Waals surface area contributed by atoms with E-state index in [-0.39, 0.29) is 11.1 Å². The van der Waals surface area contributed by atoms with Gasteiger partial charge in [0.2, 0.25) is 0 Å². The molecule has 0 aliphatic rings. The minimum Gasteiger partial charge on any atom is -0.387 e. The highest BCUT2D eigenvalue weighted by Gasteiger charge is 2.12. The van der Waals surface area contributed by atoms with Crippen LogP contribution in [-0.4, -0.2) is 11.1 Å². The van der Waals surface area contributed by atoms with Crippen LogP contribution < -0.4 is 5.73 Å². The van der Waals surface area contributed by atoms with Crippen LogP contribution in [0.25, 0.3) is 0 Å². The number of amidine groups is 1. The topological polar surface area (TPSA) is 49.9 Å². The van der Waals surface area contributed by atoms with E-state index >= 15 is 0 Å². The van der Waals surface area contributed by atoms with E-state index in [1.807, 2.05) is 6.92 Å². The number of hydrogen-bond acceptors (Lipinski definition) is 2. The van der Waals surface area contributed by atoms with E-state index < -0.39 is 11.6 Å². The molecule has 15 heavy (non-hydrogen) atoms. The Labute approximate surface area is 91.4 Å². The first-order valence-electron chi connectivity index (χ1n) is 4.50. The van der Waals surface area contributed by atoms with Crippen molar-refractivity contribution in [3.63, 3.8) is 0 Å². The zero-order valence-electron chi connectivity index (χ0n) is 8.26. The number of benzene rings is 1. The minimum atomic E-state index is -0.876. The molecule has 1 aromatic carbocycles. The molecule has 1 aromatic rings. The Morgan fingerprint density at radius 2 is 2.13 bits per heavy atom. The SMILES string of the molecule is CCC(Sc1ccc(F)c(F)c1)C(=N)N. The first-order valence-corrected chi connectivity index (χ1v) is 5.38. The van der Waals surface area contributed by atoms with Crippen molar-refractivity contribution in [1.29, 1.82) is 5.41 Å². The number of rotatable bonds is 4. The minimum absolute atomic E-state index is 0.0484. The highest BCUT2D eigenvalue weighted by molar-refractivity contribution is 8.00. The van der Waals surface area contributed by atoms with Gasteiger partial charge < -0.3 is 5.73 Å². The molecule has 1 unspecified atom stereocenters. The maximum absolute atomic E-state index is 12.9. The standard InChI is InChI=1S/C10H12F2N2S/c1-2-9(10(13)14)15-6-3-4-7(11)8(12)5-6/h3-5,9H,2H2,1H3,(H3,13,14). The zero-order valence-corrected chi connectivity index (χ0v) is 9.07. The lowest BCUT2D eigenvalue weighted by molar-refractivity contribution is 0.506. The second-order valence-corrected chi connectivity index (χ2v) is 4.32. The molecule has 0 heterocycles. The van der Waals surface area contributed by atoms with Gasteiger partial charge in [-0.25, -0.2) is 8.78 Å². The summed E-state index contributed by atoms with van der Waals surface area (Å²) in [6.07, 6.45) is 0.680. The number of hydrogen-bond donors (Lipinski definition) is 2. The summed E-state index contributed by atoms with van der Waals surface area (Å²) in [5, 5.41) is 7.10. The van der Waals surface area contributed by atoms with Crippen LogP contribution in [0.5, 0.6) is 0 Å². The third-order valence-corrected chi connectivity index (χ3v) is 3.28. The Balaban J connectivity index is 2.80. The van der Waals surface area contributed by atoms with E-state index in [2.05, 4.69) is 0 Å². The van der Waals surface area contributed by atoms with Crippen LogP contribution in [0.15, 0.2) is 23.1 Å². The smallest absolute Gasteiger partial charge is 0.159 e. The molecule has 0 fully saturated rings. The van der Waals surface area contributed by atoms with Crippen molar-refractivity contribution < 1.29 is 8.78 Å². The second kappa shape index (κ2) is 5.11. The Kier molecular flexibility index (Phi) is 4.08. The molecule has 0 saturated heterocycles. The quantitative estimate of drug-likeness (QED) is 0.474. The molecule has 0 bridgehead atoms. The van der Waals surface area contributed by atoms with Crippen molar-refractivity contribution in [1.82, 2.24) is 0 Å². The van der Waals surface area contributed by atoms with Gasteiger partial charge in [0.1, 0.15) is 5.84 Å². The summed E-state index contributed by atoms with van der Waals surface area (Å²) in [5.41, 5.74) is 5.36. The highest BCUT2D eigenvalue weighted by Crippen LogP contribution is 2.26. The highest BCUT2D eigenvalue weighted by atomic mass is 32.2. The predicted molar refractivity (Wildman–Crippen MR) is 58.2 cm³/mol. The summed E-state index contributed by atoms with van der Waals surface area (Å²) in [6, 6.07) is 3.67. The van der Waals surface area contributed by atoms with E-state index in [1.165, 1.54) is 17.8 Å². The van der Waals surface area contributed by atoms with Crippen LogP contribution in [0.2, 0.25) is 0 Å². The summed E-state index contributed by atoms with van der Waals surface area (Å²) in [6.45, 7) is 1.89. The zero-order chi connectivity index (χ0) is 11.4. The summed E-state index contributed by atoms with van der Waals surface area (Å²) in [4.78, 5) is 0.580. The molecule has 0 aromatic heterocycles. The number of thioether (sulfide) groups is 1. The lowest BCUT2D eigenvalue weighted by Crippen LogP contribution is -2.23. The van der Waals surface area contributed by atoms with Crippen molar-refractivity contribution in [2.24, 2.45) is 5.73 Å². The maximum Gasteiger partial charge on any atom is 0.159 e. The number of halogens is 2. The average Bonchev–Trinajstić information content (AvgIpc) is 2.19. The summed E-state index contributed by atoms with van der Waals surface area (Å²) in [5.74, 6) is -1.69. The molecule has 5 heteroatoms. The molecular weight excluding hydrogens is 218 g/mol. The Hall–Kier alpha value is -1.10. The Morgan fingerprint density at radius 3 is 2.60 bits per heavy atom. The molecule has 0 amide bonds. The molecule has 2 nitrogen and oxygen atoms in total. The van der Waals surface area contributed by atoms with Crippen LogP contribution in [0, 0.1) is 17.0 Å². The van der Waals surface area contributed by atoms with Gasteiger partial charge in [-0.05, 0) is 24.6 Å². The van der Waals surface area contributed by atoms with Crippen LogP contribution in [0.4, 0.5) is 8.78 Å². The third-order valence-electron chi connectivity index (χ3n) is 1.89. The van der Waals surface area contributed by atoms with Crippen molar-refractivity contribution in [3.05, 3.63) is 29.8 Å². The molecule has 3 N–H and O–H groups in total. The predicted octanol–water partition coefficient (Wildman–Crippen LogP) is 2.77. The van der Waals surface area contributed by atoms with Crippen molar-refractivity contribution in [3.8, 4) is 0 Å². The summed E-state index contributed by atoms with van der Waals surface area (Å²) >= 11 is 1.26. The van der Waals surface area contributed by atoms with Crippen LogP contribution >= 0.6 is 11.8 Å². The molecule has 0 aliphatic carbocycles. The molecule has 1 rings (SSSR count). The van der Waals surface area contributed by atoms with Gasteiger partial charge in [-0.3, -0.25) is 5.41 Å². The third kappa shape index (κ3) is 3.20. The van der Waals surface area contributed by atoms with Crippen LogP contribution in [0.3, 0.4) is 0 Å². The van der Waals surface area contributed by atoms with Crippen molar-refractivity contribution >= 4 is 17.6 Å². The van der Waals surface area contributed by atoms with Gasteiger partial charge in [-0.1, -0.05) is 6.92 Å². The normalized spacial score (nSPS) is 12.5. The van der Waals surface area contributed by atoms with E-state index in [0.29, 0.717) is 11.3 Å². The van der Waals surface area contributed by atoms with Crippen molar-refractivity contribution in [2.45, 2.75) is 23.5 Å². The fourth-order valence-electron chi connectivity index (χ4n) is 1.08. The lowest BCUT2D eigenvalue weighted by atomic mass is 10.3. The molecule has 0 aliphatic heterocycles. The van der Waals surface area contributed by atoms with Gasteiger partial charge in [-0.15, -0.1) is 11.8 Å². The van der Waals surface area contributed by atoms with E-state index in [9.17, 15) is 8.78 Å². The first-order chi connectivity index (χ1) is 7.04. The van der Waals surface area contributed by atoms with E-state index in [0.717, 1.165) is 12.1 Å². The molecule has 0 spiro atoms. The summed E-state index contributed by atoms with van der Waals surface area (Å²) in [7, 11) is 0. The fourth-order valence-corrected chi connectivity index (χ4v) is 2.02. The number of nitrogens with one attached hydrogen (secondary N) is 1. The fraction of sp³-hybridized carbons (Fsp3) is 0.300. The largest absolute Gasteiger partial charge is 0.387 e. The van der Waals surface area contributed by atoms with Gasteiger partial charge in [-0.2, -0.15) is 0 Å². The van der Waals surface area contributed by atoms with Crippen LogP contribution in [-0.2, 0) is 0 Å². The molecule has 0 radical (unpaired) electrons. The van der Waals surface area contributed by atoms with E-state index in [4.69, 9.17) is 11.1 Å². The maximum atomic E-state index is 12.9. The summed E-state index contributed by atoms with van der Waals surface area (Å²) < 4.78 is 25.5. The molecule has 82 valence electrons. The first kappa shape index (κ1) is 12.0. The Morgan fingerprint density at radius 1 is 1.47 bits per heavy atom. The van der Waals surface area contributed by atoms with Gasteiger partial charge in [0, 0.05) is 4.90 Å². The van der Waals surface area contributed by atoms with E-state index in [1.54, 1.807) is 0 Å². The lowest BCUT2D eigenvalue weighted by Gasteiger charge is -2.12. The van der Waals surface area contributed by atoms with Crippen LogP contribution in [0.1, 0.15) is 13.3 Å². The van der Waals surface area contributed by atoms with Gasteiger partial charge in [0.15, 0.2) is 11.6 Å². The van der Waals surface area contributed by atoms with Gasteiger partial charge in [0.05, 0.1) is 5.25 Å². The number of nitrogens with two attached hydrogens (primary N) is 1. The molecule has 0 saturated carbocycles.